The lowest BCUT2D eigenvalue weighted by Gasteiger charge is -2.13. The lowest BCUT2D eigenvalue weighted by molar-refractivity contribution is -0.114. The van der Waals surface area contributed by atoms with Crippen molar-refractivity contribution in [1.29, 1.82) is 0 Å². The van der Waals surface area contributed by atoms with E-state index in [9.17, 15) is 9.18 Å². The standard InChI is InChI=1S/C12H16FNO/c1-4-9-6-7-11(13)12(10(9)5-2)14-8(3)15/h6-7H,4-5H2,1-3H3,(H,14,15). The Kier molecular flexibility index (Phi) is 3.83. The van der Waals surface area contributed by atoms with Gasteiger partial charge >= 0.3 is 0 Å². The topological polar surface area (TPSA) is 29.1 Å². The number of carbonyl (C=O) groups excluding carboxylic acids is 1. The van der Waals surface area contributed by atoms with Crippen LogP contribution in [0.3, 0.4) is 0 Å². The Morgan fingerprint density at radius 3 is 2.47 bits per heavy atom. The molecule has 3 heteroatoms. The summed E-state index contributed by atoms with van der Waals surface area (Å²) in [6.45, 7) is 5.36. The molecule has 0 aliphatic rings. The van der Waals surface area contributed by atoms with Gasteiger partial charge in [-0.25, -0.2) is 4.39 Å². The van der Waals surface area contributed by atoms with E-state index in [2.05, 4.69) is 5.32 Å². The van der Waals surface area contributed by atoms with Crippen LogP contribution in [0.25, 0.3) is 0 Å². The average Bonchev–Trinajstić information content (AvgIpc) is 2.20. The van der Waals surface area contributed by atoms with Crippen LogP contribution in [0.15, 0.2) is 12.1 Å². The lowest BCUT2D eigenvalue weighted by atomic mass is 10.0. The van der Waals surface area contributed by atoms with Gasteiger partial charge in [-0.2, -0.15) is 0 Å². The monoisotopic (exact) mass is 209 g/mol. The number of aryl methyl sites for hydroxylation is 1. The maximum absolute atomic E-state index is 13.5. The molecule has 0 unspecified atom stereocenters. The molecule has 0 radical (unpaired) electrons. The fraction of sp³-hybridized carbons (Fsp3) is 0.417. The third-order valence-corrected chi connectivity index (χ3v) is 2.39. The van der Waals surface area contributed by atoms with Gasteiger partial charge in [0.1, 0.15) is 5.82 Å². The van der Waals surface area contributed by atoms with Crippen molar-refractivity contribution >= 4 is 11.6 Å². The van der Waals surface area contributed by atoms with Crippen LogP contribution < -0.4 is 5.32 Å². The summed E-state index contributed by atoms with van der Waals surface area (Å²) in [6.07, 6.45) is 1.56. The molecule has 1 N–H and O–H groups in total. The van der Waals surface area contributed by atoms with Crippen LogP contribution in [0.1, 0.15) is 31.9 Å². The molecule has 0 spiro atoms. The first kappa shape index (κ1) is 11.7. The highest BCUT2D eigenvalue weighted by Gasteiger charge is 2.11. The highest BCUT2D eigenvalue weighted by molar-refractivity contribution is 5.90. The summed E-state index contributed by atoms with van der Waals surface area (Å²) in [5, 5.41) is 2.55. The summed E-state index contributed by atoms with van der Waals surface area (Å²) >= 11 is 0. The molecule has 0 saturated heterocycles. The van der Waals surface area contributed by atoms with Gasteiger partial charge < -0.3 is 5.32 Å². The molecule has 0 heterocycles. The number of hydrogen-bond acceptors (Lipinski definition) is 1. The van der Waals surface area contributed by atoms with Crippen LogP contribution in [0.4, 0.5) is 10.1 Å². The highest BCUT2D eigenvalue weighted by atomic mass is 19.1. The predicted octanol–water partition coefficient (Wildman–Crippen LogP) is 2.91. The van der Waals surface area contributed by atoms with Crippen molar-refractivity contribution in [2.45, 2.75) is 33.6 Å². The second kappa shape index (κ2) is 4.91. The molecule has 15 heavy (non-hydrogen) atoms. The number of carbonyl (C=O) groups is 1. The van der Waals surface area contributed by atoms with Gasteiger partial charge in [0.25, 0.3) is 0 Å². The van der Waals surface area contributed by atoms with Crippen molar-refractivity contribution in [2.75, 3.05) is 5.32 Å². The number of anilines is 1. The van der Waals surface area contributed by atoms with Crippen molar-refractivity contribution in [3.8, 4) is 0 Å². The van der Waals surface area contributed by atoms with E-state index in [1.54, 1.807) is 6.07 Å². The number of rotatable bonds is 3. The van der Waals surface area contributed by atoms with E-state index >= 15 is 0 Å². The molecule has 0 atom stereocenters. The van der Waals surface area contributed by atoms with Gasteiger partial charge in [0.2, 0.25) is 5.91 Å². The van der Waals surface area contributed by atoms with E-state index in [0.717, 1.165) is 24.0 Å². The molecule has 0 bridgehead atoms. The fourth-order valence-corrected chi connectivity index (χ4v) is 1.71. The molecular formula is C12H16FNO. The second-order valence-corrected chi connectivity index (χ2v) is 3.45. The first-order valence-corrected chi connectivity index (χ1v) is 5.18. The molecule has 2 nitrogen and oxygen atoms in total. The molecule has 0 fully saturated rings. The lowest BCUT2D eigenvalue weighted by Crippen LogP contribution is -2.11. The van der Waals surface area contributed by atoms with Gasteiger partial charge in [0.15, 0.2) is 0 Å². The Morgan fingerprint density at radius 2 is 2.00 bits per heavy atom. The van der Waals surface area contributed by atoms with Crippen molar-refractivity contribution in [3.63, 3.8) is 0 Å². The zero-order chi connectivity index (χ0) is 11.4. The summed E-state index contributed by atoms with van der Waals surface area (Å²) in [5.41, 5.74) is 2.32. The molecule has 1 aromatic rings. The van der Waals surface area contributed by atoms with E-state index in [1.807, 2.05) is 13.8 Å². The van der Waals surface area contributed by atoms with E-state index in [4.69, 9.17) is 0 Å². The smallest absolute Gasteiger partial charge is 0.221 e. The quantitative estimate of drug-likeness (QED) is 0.814. The first-order chi connectivity index (χ1) is 7.10. The van der Waals surface area contributed by atoms with Gasteiger partial charge in [0, 0.05) is 6.92 Å². The van der Waals surface area contributed by atoms with Crippen molar-refractivity contribution < 1.29 is 9.18 Å². The SMILES string of the molecule is CCc1ccc(F)c(NC(C)=O)c1CC. The Labute approximate surface area is 89.5 Å². The highest BCUT2D eigenvalue weighted by Crippen LogP contribution is 2.24. The minimum absolute atomic E-state index is 0.239. The minimum Gasteiger partial charge on any atom is -0.324 e. The Morgan fingerprint density at radius 1 is 1.33 bits per heavy atom. The zero-order valence-electron chi connectivity index (χ0n) is 9.36. The van der Waals surface area contributed by atoms with Gasteiger partial charge in [-0.1, -0.05) is 19.9 Å². The number of nitrogens with one attached hydrogen (secondary N) is 1. The maximum atomic E-state index is 13.5. The largest absolute Gasteiger partial charge is 0.324 e. The summed E-state index contributed by atoms with van der Waals surface area (Å²) < 4.78 is 13.5. The van der Waals surface area contributed by atoms with Gasteiger partial charge in [-0.05, 0) is 30.0 Å². The van der Waals surface area contributed by atoms with Crippen LogP contribution in [0.5, 0.6) is 0 Å². The minimum atomic E-state index is -0.362. The Hall–Kier alpha value is -1.38. The van der Waals surface area contributed by atoms with Crippen LogP contribution in [0, 0.1) is 5.82 Å². The van der Waals surface area contributed by atoms with E-state index < -0.39 is 0 Å². The van der Waals surface area contributed by atoms with E-state index in [0.29, 0.717) is 5.69 Å². The molecule has 1 aromatic carbocycles. The summed E-state index contributed by atoms with van der Waals surface area (Å²) in [5.74, 6) is -0.601. The van der Waals surface area contributed by atoms with Crippen molar-refractivity contribution in [3.05, 3.63) is 29.1 Å². The molecule has 1 amide bonds. The molecule has 0 aromatic heterocycles. The van der Waals surface area contributed by atoms with E-state index in [-0.39, 0.29) is 11.7 Å². The normalized spacial score (nSPS) is 10.1. The van der Waals surface area contributed by atoms with Crippen LogP contribution in [0.2, 0.25) is 0 Å². The predicted molar refractivity (Wildman–Crippen MR) is 59.5 cm³/mol. The number of benzene rings is 1. The maximum Gasteiger partial charge on any atom is 0.221 e. The number of halogens is 1. The third kappa shape index (κ3) is 2.55. The Balaban J connectivity index is 3.25. The summed E-state index contributed by atoms with van der Waals surface area (Å²) in [7, 11) is 0. The third-order valence-electron chi connectivity index (χ3n) is 2.39. The van der Waals surface area contributed by atoms with Gasteiger partial charge in [-0.3, -0.25) is 4.79 Å². The van der Waals surface area contributed by atoms with Crippen molar-refractivity contribution in [1.82, 2.24) is 0 Å². The average molecular weight is 209 g/mol. The first-order valence-electron chi connectivity index (χ1n) is 5.18. The molecule has 0 aliphatic heterocycles. The molecule has 82 valence electrons. The summed E-state index contributed by atoms with van der Waals surface area (Å²) in [6, 6.07) is 3.18. The fourth-order valence-electron chi connectivity index (χ4n) is 1.71. The van der Waals surface area contributed by atoms with Crippen LogP contribution in [-0.2, 0) is 17.6 Å². The molecular weight excluding hydrogens is 193 g/mol. The molecule has 1 rings (SSSR count). The van der Waals surface area contributed by atoms with Crippen molar-refractivity contribution in [2.24, 2.45) is 0 Å². The van der Waals surface area contributed by atoms with Gasteiger partial charge in [-0.15, -0.1) is 0 Å². The number of hydrogen-bond donors (Lipinski definition) is 1. The van der Waals surface area contributed by atoms with Crippen LogP contribution in [-0.4, -0.2) is 5.91 Å². The zero-order valence-corrected chi connectivity index (χ0v) is 9.36. The van der Waals surface area contributed by atoms with Gasteiger partial charge in [0.05, 0.1) is 5.69 Å². The summed E-state index contributed by atoms with van der Waals surface area (Å²) in [4.78, 5) is 11.0. The number of amides is 1. The molecule has 0 aliphatic carbocycles. The van der Waals surface area contributed by atoms with E-state index in [1.165, 1.54) is 13.0 Å². The Bertz CT molecular complexity index is 374. The molecule has 0 saturated carbocycles. The second-order valence-electron chi connectivity index (χ2n) is 3.45. The van der Waals surface area contributed by atoms with Crippen LogP contribution >= 0.6 is 0 Å².